The van der Waals surface area contributed by atoms with Crippen LogP contribution in [0.1, 0.15) is 64.0 Å². The molecule has 1 atom stereocenters. The molecule has 19 heavy (non-hydrogen) atoms. The molecule has 1 aliphatic carbocycles. The van der Waals surface area contributed by atoms with Gasteiger partial charge in [-0.15, -0.1) is 0 Å². The number of rotatable bonds is 5. The van der Waals surface area contributed by atoms with E-state index in [9.17, 15) is 0 Å². The van der Waals surface area contributed by atoms with Gasteiger partial charge in [0.1, 0.15) is 0 Å². The van der Waals surface area contributed by atoms with Gasteiger partial charge in [-0.3, -0.25) is 0 Å². The number of benzene rings is 1. The summed E-state index contributed by atoms with van der Waals surface area (Å²) in [6.45, 7) is 4.58. The number of nitrogens with one attached hydrogen (secondary N) is 1. The van der Waals surface area contributed by atoms with Crippen molar-refractivity contribution in [2.45, 2.75) is 64.5 Å². The Kier molecular flexibility index (Phi) is 5.90. The van der Waals surface area contributed by atoms with Crippen LogP contribution in [0.5, 0.6) is 0 Å². The number of halogens is 1. The Morgan fingerprint density at radius 2 is 2.00 bits per heavy atom. The van der Waals surface area contributed by atoms with E-state index in [2.05, 4.69) is 59.4 Å². The van der Waals surface area contributed by atoms with Gasteiger partial charge in [-0.05, 0) is 56.2 Å². The van der Waals surface area contributed by atoms with Crippen LogP contribution >= 0.6 is 15.9 Å². The largest absolute Gasteiger partial charge is 0.307 e. The lowest BCUT2D eigenvalue weighted by atomic mass is 9.83. The molecule has 106 valence electrons. The van der Waals surface area contributed by atoms with Gasteiger partial charge in [0.05, 0.1) is 0 Å². The maximum atomic E-state index is 3.80. The van der Waals surface area contributed by atoms with E-state index in [1.54, 1.807) is 0 Å². The van der Waals surface area contributed by atoms with Gasteiger partial charge in [-0.1, -0.05) is 47.8 Å². The second-order valence-electron chi connectivity index (χ2n) is 5.95. The Balaban J connectivity index is 1.82. The maximum Gasteiger partial charge on any atom is 0.0294 e. The Labute approximate surface area is 126 Å². The zero-order valence-corrected chi connectivity index (χ0v) is 13.7. The summed E-state index contributed by atoms with van der Waals surface area (Å²) in [6.07, 6.45) is 8.30. The van der Waals surface area contributed by atoms with Crippen molar-refractivity contribution in [2.75, 3.05) is 0 Å². The van der Waals surface area contributed by atoms with Crippen molar-refractivity contribution in [3.8, 4) is 0 Å². The van der Waals surface area contributed by atoms with E-state index in [1.807, 2.05) is 0 Å². The third-order valence-electron chi connectivity index (χ3n) is 4.38. The highest BCUT2D eigenvalue weighted by Crippen LogP contribution is 2.29. The molecular weight excluding hydrogens is 298 g/mol. The molecule has 2 heteroatoms. The van der Waals surface area contributed by atoms with Crippen LogP contribution in [0.15, 0.2) is 28.7 Å². The molecule has 0 aromatic heterocycles. The molecule has 1 aliphatic rings. The summed E-state index contributed by atoms with van der Waals surface area (Å²) in [5, 5.41) is 3.80. The maximum absolute atomic E-state index is 3.80. The molecule has 0 heterocycles. The molecule has 0 saturated heterocycles. The summed E-state index contributed by atoms with van der Waals surface area (Å²) in [5.74, 6) is 0.990. The minimum absolute atomic E-state index is 0.449. The molecular formula is C17H26BrN. The molecule has 1 N–H and O–H groups in total. The van der Waals surface area contributed by atoms with E-state index in [-0.39, 0.29) is 0 Å². The minimum Gasteiger partial charge on any atom is -0.307 e. The average Bonchev–Trinajstić information content (AvgIpc) is 2.41. The van der Waals surface area contributed by atoms with Gasteiger partial charge in [0.25, 0.3) is 0 Å². The molecule has 1 saturated carbocycles. The standard InChI is InChI=1S/C17H26BrN/c1-3-5-14-8-10-17(11-9-14)19-13(2)15-6-4-7-16(18)12-15/h4,6-7,12-14,17,19H,3,5,8-11H2,1-2H3/t13-,14?,17?/m0/s1. The first-order valence-corrected chi connectivity index (χ1v) is 8.50. The third-order valence-corrected chi connectivity index (χ3v) is 4.87. The van der Waals surface area contributed by atoms with Crippen molar-refractivity contribution in [3.63, 3.8) is 0 Å². The molecule has 0 bridgehead atoms. The fourth-order valence-electron chi connectivity index (χ4n) is 3.25. The summed E-state index contributed by atoms with van der Waals surface area (Å²) >= 11 is 3.55. The lowest BCUT2D eigenvalue weighted by Gasteiger charge is -2.31. The second kappa shape index (κ2) is 7.44. The molecule has 0 radical (unpaired) electrons. The normalized spacial score (nSPS) is 25.2. The Morgan fingerprint density at radius 3 is 2.63 bits per heavy atom. The van der Waals surface area contributed by atoms with Crippen LogP contribution in [-0.2, 0) is 0 Å². The van der Waals surface area contributed by atoms with E-state index < -0.39 is 0 Å². The van der Waals surface area contributed by atoms with Crippen molar-refractivity contribution < 1.29 is 0 Å². The van der Waals surface area contributed by atoms with Crippen LogP contribution in [0.25, 0.3) is 0 Å². The third kappa shape index (κ3) is 4.61. The summed E-state index contributed by atoms with van der Waals surface area (Å²) in [4.78, 5) is 0. The number of hydrogen-bond acceptors (Lipinski definition) is 1. The highest BCUT2D eigenvalue weighted by Gasteiger charge is 2.21. The summed E-state index contributed by atoms with van der Waals surface area (Å²) in [7, 11) is 0. The van der Waals surface area contributed by atoms with Crippen LogP contribution < -0.4 is 5.32 Å². The molecule has 0 spiro atoms. The predicted molar refractivity (Wildman–Crippen MR) is 86.3 cm³/mol. The summed E-state index contributed by atoms with van der Waals surface area (Å²) < 4.78 is 1.17. The second-order valence-corrected chi connectivity index (χ2v) is 6.87. The SMILES string of the molecule is CCCC1CCC(N[C@@H](C)c2cccc(Br)c2)CC1. The van der Waals surface area contributed by atoms with E-state index in [0.29, 0.717) is 12.1 Å². The van der Waals surface area contributed by atoms with Crippen molar-refractivity contribution in [2.24, 2.45) is 5.92 Å². The van der Waals surface area contributed by atoms with Gasteiger partial charge in [0, 0.05) is 16.6 Å². The Bertz CT molecular complexity index is 383. The highest BCUT2D eigenvalue weighted by atomic mass is 79.9. The highest BCUT2D eigenvalue weighted by molar-refractivity contribution is 9.10. The monoisotopic (exact) mass is 323 g/mol. The summed E-state index contributed by atoms with van der Waals surface area (Å²) in [5.41, 5.74) is 1.38. The number of hydrogen-bond donors (Lipinski definition) is 1. The molecule has 1 aromatic carbocycles. The van der Waals surface area contributed by atoms with Gasteiger partial charge >= 0.3 is 0 Å². The van der Waals surface area contributed by atoms with Crippen LogP contribution in [-0.4, -0.2) is 6.04 Å². The lowest BCUT2D eigenvalue weighted by Crippen LogP contribution is -2.35. The topological polar surface area (TPSA) is 12.0 Å². The first-order chi connectivity index (χ1) is 9.19. The molecule has 0 unspecified atom stereocenters. The fraction of sp³-hybridized carbons (Fsp3) is 0.647. The molecule has 1 nitrogen and oxygen atoms in total. The van der Waals surface area contributed by atoms with E-state index in [1.165, 1.54) is 48.6 Å². The molecule has 1 aromatic rings. The fourth-order valence-corrected chi connectivity index (χ4v) is 3.67. The van der Waals surface area contributed by atoms with E-state index >= 15 is 0 Å². The minimum atomic E-state index is 0.449. The van der Waals surface area contributed by atoms with Gasteiger partial charge in [0.15, 0.2) is 0 Å². The van der Waals surface area contributed by atoms with Gasteiger partial charge in [0.2, 0.25) is 0 Å². The van der Waals surface area contributed by atoms with Crippen LogP contribution in [0.2, 0.25) is 0 Å². The smallest absolute Gasteiger partial charge is 0.0294 e. The van der Waals surface area contributed by atoms with Crippen LogP contribution in [0.3, 0.4) is 0 Å². The van der Waals surface area contributed by atoms with Crippen molar-refractivity contribution in [3.05, 3.63) is 34.3 Å². The first-order valence-electron chi connectivity index (χ1n) is 7.70. The molecule has 2 rings (SSSR count). The van der Waals surface area contributed by atoms with Crippen LogP contribution in [0, 0.1) is 5.92 Å². The van der Waals surface area contributed by atoms with E-state index in [0.717, 1.165) is 5.92 Å². The molecule has 0 aliphatic heterocycles. The zero-order chi connectivity index (χ0) is 13.7. The van der Waals surface area contributed by atoms with Gasteiger partial charge in [-0.25, -0.2) is 0 Å². The zero-order valence-electron chi connectivity index (χ0n) is 12.2. The quantitative estimate of drug-likeness (QED) is 0.758. The molecule has 1 fully saturated rings. The van der Waals surface area contributed by atoms with Gasteiger partial charge in [-0.2, -0.15) is 0 Å². The Morgan fingerprint density at radius 1 is 1.26 bits per heavy atom. The lowest BCUT2D eigenvalue weighted by molar-refractivity contribution is 0.266. The van der Waals surface area contributed by atoms with Crippen molar-refractivity contribution in [1.29, 1.82) is 0 Å². The summed E-state index contributed by atoms with van der Waals surface area (Å²) in [6, 6.07) is 9.81. The van der Waals surface area contributed by atoms with E-state index in [4.69, 9.17) is 0 Å². The van der Waals surface area contributed by atoms with Crippen molar-refractivity contribution >= 4 is 15.9 Å². The average molecular weight is 324 g/mol. The predicted octanol–water partition coefficient (Wildman–Crippen LogP) is 5.46. The van der Waals surface area contributed by atoms with Crippen LogP contribution in [0.4, 0.5) is 0 Å². The first kappa shape index (κ1) is 15.1. The van der Waals surface area contributed by atoms with Crippen molar-refractivity contribution in [1.82, 2.24) is 5.32 Å². The van der Waals surface area contributed by atoms with Gasteiger partial charge < -0.3 is 5.32 Å². The Hall–Kier alpha value is -0.340. The molecule has 0 amide bonds.